The van der Waals surface area contributed by atoms with Crippen molar-refractivity contribution in [3.05, 3.63) is 29.7 Å². The number of aromatic nitrogens is 2. The van der Waals surface area contributed by atoms with Crippen LogP contribution in [0.15, 0.2) is 22.6 Å². The molecule has 6 nitrogen and oxygen atoms in total. The maximum absolute atomic E-state index is 12.6. The van der Waals surface area contributed by atoms with Gasteiger partial charge in [-0.15, -0.1) is 0 Å². The third-order valence-corrected chi connectivity index (χ3v) is 5.58. The summed E-state index contributed by atoms with van der Waals surface area (Å²) in [6.07, 6.45) is 4.79. The standard InChI is InChI=1S/C18H23N3O3/c1-12-5-6-16(24-12)14-11-15(20-19-14)17(22)21-9-7-18(23,8-10-21)13-3-2-4-13/h5-6,11,13,23H,2-4,7-10H2,1H3,(H,19,20). The van der Waals surface area contributed by atoms with Gasteiger partial charge in [-0.3, -0.25) is 9.89 Å². The molecule has 0 spiro atoms. The minimum atomic E-state index is -0.572. The summed E-state index contributed by atoms with van der Waals surface area (Å²) in [4.78, 5) is 14.4. The van der Waals surface area contributed by atoms with Gasteiger partial charge in [0.1, 0.15) is 11.5 Å². The molecule has 1 aliphatic heterocycles. The van der Waals surface area contributed by atoms with Crippen LogP contribution in [0.5, 0.6) is 0 Å². The lowest BCUT2D eigenvalue weighted by atomic mass is 9.69. The van der Waals surface area contributed by atoms with Gasteiger partial charge in [-0.05, 0) is 50.7 Å². The quantitative estimate of drug-likeness (QED) is 0.907. The number of aryl methyl sites for hydroxylation is 1. The van der Waals surface area contributed by atoms with Crippen molar-refractivity contribution in [1.29, 1.82) is 0 Å². The summed E-state index contributed by atoms with van der Waals surface area (Å²) in [5.41, 5.74) is 0.528. The lowest BCUT2D eigenvalue weighted by Gasteiger charge is -2.46. The molecule has 1 amide bonds. The number of H-pyrrole nitrogens is 1. The number of hydrogen-bond donors (Lipinski definition) is 2. The van der Waals surface area contributed by atoms with Crippen LogP contribution in [0.1, 0.15) is 48.4 Å². The Bertz CT molecular complexity index is 736. The van der Waals surface area contributed by atoms with E-state index in [-0.39, 0.29) is 5.91 Å². The smallest absolute Gasteiger partial charge is 0.274 e. The lowest BCUT2D eigenvalue weighted by Crippen LogP contribution is -2.52. The number of aliphatic hydroxyl groups is 1. The van der Waals surface area contributed by atoms with E-state index in [0.29, 0.717) is 49.0 Å². The van der Waals surface area contributed by atoms with Gasteiger partial charge in [-0.1, -0.05) is 6.42 Å². The van der Waals surface area contributed by atoms with Crippen LogP contribution in [-0.4, -0.2) is 44.8 Å². The zero-order chi connectivity index (χ0) is 16.7. The molecule has 24 heavy (non-hydrogen) atoms. The Morgan fingerprint density at radius 2 is 2.12 bits per heavy atom. The summed E-state index contributed by atoms with van der Waals surface area (Å²) in [6, 6.07) is 5.47. The average Bonchev–Trinajstić information content (AvgIpc) is 3.14. The minimum absolute atomic E-state index is 0.0866. The predicted octanol–water partition coefficient (Wildman–Crippen LogP) is 2.75. The van der Waals surface area contributed by atoms with Gasteiger partial charge in [0.15, 0.2) is 11.5 Å². The van der Waals surface area contributed by atoms with E-state index >= 15 is 0 Å². The van der Waals surface area contributed by atoms with E-state index in [0.717, 1.165) is 18.6 Å². The molecule has 4 rings (SSSR count). The van der Waals surface area contributed by atoms with Crippen molar-refractivity contribution < 1.29 is 14.3 Å². The van der Waals surface area contributed by atoms with Crippen LogP contribution in [0.3, 0.4) is 0 Å². The molecule has 6 heteroatoms. The number of furan rings is 1. The molecule has 2 fully saturated rings. The molecule has 0 aromatic carbocycles. The zero-order valence-electron chi connectivity index (χ0n) is 13.9. The Labute approximate surface area is 140 Å². The van der Waals surface area contributed by atoms with E-state index in [1.165, 1.54) is 6.42 Å². The number of amides is 1. The maximum atomic E-state index is 12.6. The Kier molecular flexibility index (Phi) is 3.72. The highest BCUT2D eigenvalue weighted by molar-refractivity contribution is 5.93. The average molecular weight is 329 g/mol. The third kappa shape index (κ3) is 2.65. The van der Waals surface area contributed by atoms with E-state index < -0.39 is 5.60 Å². The van der Waals surface area contributed by atoms with Crippen LogP contribution in [0.4, 0.5) is 0 Å². The molecule has 2 aromatic rings. The van der Waals surface area contributed by atoms with Crippen LogP contribution in [-0.2, 0) is 0 Å². The van der Waals surface area contributed by atoms with Crippen molar-refractivity contribution in [3.8, 4) is 11.5 Å². The van der Waals surface area contributed by atoms with E-state index in [1.54, 1.807) is 11.0 Å². The zero-order valence-corrected chi connectivity index (χ0v) is 13.9. The SMILES string of the molecule is Cc1ccc(-c2cc(C(=O)N3CCC(O)(C4CCC4)CC3)n[nH]2)o1. The monoisotopic (exact) mass is 329 g/mol. The summed E-state index contributed by atoms with van der Waals surface area (Å²) in [5.74, 6) is 1.83. The van der Waals surface area contributed by atoms with E-state index in [9.17, 15) is 9.90 Å². The fraction of sp³-hybridized carbons (Fsp3) is 0.556. The highest BCUT2D eigenvalue weighted by atomic mass is 16.3. The molecule has 2 N–H and O–H groups in total. The number of rotatable bonds is 3. The van der Waals surface area contributed by atoms with Crippen molar-refractivity contribution in [1.82, 2.24) is 15.1 Å². The van der Waals surface area contributed by atoms with Gasteiger partial charge >= 0.3 is 0 Å². The number of nitrogens with zero attached hydrogens (tertiary/aromatic N) is 2. The maximum Gasteiger partial charge on any atom is 0.274 e. The highest BCUT2D eigenvalue weighted by Gasteiger charge is 2.43. The molecule has 0 radical (unpaired) electrons. The molecule has 1 aliphatic carbocycles. The molecule has 0 atom stereocenters. The van der Waals surface area contributed by atoms with Crippen molar-refractivity contribution in [3.63, 3.8) is 0 Å². The molecule has 1 saturated heterocycles. The number of likely N-dealkylation sites (tertiary alicyclic amines) is 1. The molecule has 3 heterocycles. The molecule has 0 unspecified atom stereocenters. The van der Waals surface area contributed by atoms with Crippen LogP contribution >= 0.6 is 0 Å². The van der Waals surface area contributed by atoms with Gasteiger partial charge in [-0.25, -0.2) is 0 Å². The van der Waals surface area contributed by atoms with Gasteiger partial charge < -0.3 is 14.4 Å². The van der Waals surface area contributed by atoms with Gasteiger partial charge in [0.2, 0.25) is 0 Å². The third-order valence-electron chi connectivity index (χ3n) is 5.58. The summed E-state index contributed by atoms with van der Waals surface area (Å²) in [7, 11) is 0. The minimum Gasteiger partial charge on any atom is -0.460 e. The number of aromatic amines is 1. The Morgan fingerprint density at radius 3 is 2.71 bits per heavy atom. The fourth-order valence-corrected chi connectivity index (χ4v) is 3.75. The second-order valence-corrected chi connectivity index (χ2v) is 7.10. The first-order chi connectivity index (χ1) is 11.5. The first kappa shape index (κ1) is 15.4. The molecule has 1 saturated carbocycles. The van der Waals surface area contributed by atoms with Crippen LogP contribution in [0.25, 0.3) is 11.5 Å². The van der Waals surface area contributed by atoms with Gasteiger partial charge in [-0.2, -0.15) is 5.10 Å². The normalized spacial score (nSPS) is 20.8. The predicted molar refractivity (Wildman–Crippen MR) is 88.5 cm³/mol. The Balaban J connectivity index is 1.42. The summed E-state index contributed by atoms with van der Waals surface area (Å²) in [6.45, 7) is 3.06. The van der Waals surface area contributed by atoms with E-state index in [1.807, 2.05) is 19.1 Å². The summed E-state index contributed by atoms with van der Waals surface area (Å²) >= 11 is 0. The molecule has 128 valence electrons. The molecule has 2 aromatic heterocycles. The Morgan fingerprint density at radius 1 is 1.38 bits per heavy atom. The summed E-state index contributed by atoms with van der Waals surface area (Å²) < 4.78 is 5.55. The molecular formula is C18H23N3O3. The van der Waals surface area contributed by atoms with Gasteiger partial charge in [0.25, 0.3) is 5.91 Å². The number of nitrogens with one attached hydrogen (secondary N) is 1. The second-order valence-electron chi connectivity index (χ2n) is 7.10. The molecule has 0 bridgehead atoms. The van der Waals surface area contributed by atoms with Crippen molar-refractivity contribution in [2.24, 2.45) is 5.92 Å². The van der Waals surface area contributed by atoms with Crippen molar-refractivity contribution in [2.75, 3.05) is 13.1 Å². The fourth-order valence-electron chi connectivity index (χ4n) is 3.75. The molecule has 2 aliphatic rings. The lowest BCUT2D eigenvalue weighted by molar-refractivity contribution is -0.0862. The number of piperidine rings is 1. The first-order valence-electron chi connectivity index (χ1n) is 8.69. The van der Waals surface area contributed by atoms with Crippen LogP contribution in [0.2, 0.25) is 0 Å². The largest absolute Gasteiger partial charge is 0.460 e. The number of carbonyl (C=O) groups is 1. The van der Waals surface area contributed by atoms with E-state index in [2.05, 4.69) is 10.2 Å². The van der Waals surface area contributed by atoms with Crippen molar-refractivity contribution >= 4 is 5.91 Å². The second kappa shape index (κ2) is 5.77. The number of carbonyl (C=O) groups excluding carboxylic acids is 1. The molecular weight excluding hydrogens is 306 g/mol. The summed E-state index contributed by atoms with van der Waals surface area (Å²) in [5, 5.41) is 17.7. The highest BCUT2D eigenvalue weighted by Crippen LogP contribution is 2.42. The topological polar surface area (TPSA) is 82.4 Å². The van der Waals surface area contributed by atoms with Crippen LogP contribution < -0.4 is 0 Å². The first-order valence-corrected chi connectivity index (χ1v) is 8.69. The van der Waals surface area contributed by atoms with Gasteiger partial charge in [0, 0.05) is 19.2 Å². The number of hydrogen-bond acceptors (Lipinski definition) is 4. The Hall–Kier alpha value is -2.08. The van der Waals surface area contributed by atoms with Crippen LogP contribution in [0, 0.1) is 12.8 Å². The van der Waals surface area contributed by atoms with E-state index in [4.69, 9.17) is 4.42 Å². The van der Waals surface area contributed by atoms with Gasteiger partial charge in [0.05, 0.1) is 5.60 Å². The van der Waals surface area contributed by atoms with Crippen molar-refractivity contribution in [2.45, 2.75) is 44.6 Å².